The molecule has 0 spiro atoms. The smallest absolute Gasteiger partial charge is 0.306 e. The van der Waals surface area contributed by atoms with Crippen LogP contribution in [0.5, 0.6) is 23.0 Å². The summed E-state index contributed by atoms with van der Waals surface area (Å²) in [6, 6.07) is 7.61. The zero-order valence-corrected chi connectivity index (χ0v) is 23.3. The Hall–Kier alpha value is -4.01. The maximum Gasteiger partial charge on any atom is 0.306 e. The summed E-state index contributed by atoms with van der Waals surface area (Å²) in [4.78, 5) is 37.0. The molecule has 2 aromatic carbocycles. The molecule has 1 aliphatic heterocycles. The van der Waals surface area contributed by atoms with Gasteiger partial charge in [-0.25, -0.2) is 0 Å². The summed E-state index contributed by atoms with van der Waals surface area (Å²) in [6.07, 6.45) is 4.41. The molecule has 39 heavy (non-hydrogen) atoms. The Bertz CT molecular complexity index is 1310. The number of methoxy groups -OCH3 is 5. The van der Waals surface area contributed by atoms with E-state index in [1.165, 1.54) is 7.11 Å². The molecule has 0 saturated carbocycles. The van der Waals surface area contributed by atoms with Crippen molar-refractivity contribution in [2.75, 3.05) is 42.6 Å². The van der Waals surface area contributed by atoms with Crippen molar-refractivity contribution in [3.05, 3.63) is 52.2 Å². The van der Waals surface area contributed by atoms with E-state index >= 15 is 0 Å². The third-order valence-electron chi connectivity index (χ3n) is 7.70. The molecule has 5 rings (SSSR count). The molecule has 208 valence electrons. The Balaban J connectivity index is 0.000000181. The molecule has 1 saturated heterocycles. The van der Waals surface area contributed by atoms with Crippen molar-refractivity contribution in [2.24, 2.45) is 11.8 Å². The van der Waals surface area contributed by atoms with Gasteiger partial charge in [0, 0.05) is 48.5 Å². The summed E-state index contributed by atoms with van der Waals surface area (Å²) >= 11 is 0. The van der Waals surface area contributed by atoms with E-state index in [-0.39, 0.29) is 35.9 Å². The van der Waals surface area contributed by atoms with Gasteiger partial charge in [-0.05, 0) is 42.2 Å². The van der Waals surface area contributed by atoms with Crippen molar-refractivity contribution in [1.82, 2.24) is 4.90 Å². The van der Waals surface area contributed by atoms with E-state index in [2.05, 4.69) is 10.8 Å². The molecule has 2 unspecified atom stereocenters. The standard InChI is InChI=1S/C15H17NO3.C15H18O5/c1-16-12-7-9-4-5-13(18-2)15(19-3)11(9)6-10(12)8-14(16)17;1-18-13-5-4-9-7-12(16)10(8-14(17)19-2)6-11(9)15(13)20-3/h4-5,7,10H,6,8H2,1-3H3;4-5,10H,6-8H2,1-3H3. The van der Waals surface area contributed by atoms with Crippen molar-refractivity contribution in [1.29, 1.82) is 0 Å². The third kappa shape index (κ3) is 5.44. The molecule has 2 aromatic rings. The van der Waals surface area contributed by atoms with E-state index in [9.17, 15) is 14.4 Å². The van der Waals surface area contributed by atoms with Crippen LogP contribution >= 0.6 is 0 Å². The lowest BCUT2D eigenvalue weighted by Crippen LogP contribution is -2.28. The van der Waals surface area contributed by atoms with Crippen molar-refractivity contribution < 1.29 is 38.1 Å². The lowest BCUT2D eigenvalue weighted by Gasteiger charge is -2.25. The second kappa shape index (κ2) is 11.8. The van der Waals surface area contributed by atoms with Crippen LogP contribution in [0.2, 0.25) is 0 Å². The van der Waals surface area contributed by atoms with Gasteiger partial charge in [0.15, 0.2) is 23.0 Å². The molecular weight excluding hydrogens is 502 g/mol. The van der Waals surface area contributed by atoms with Crippen molar-refractivity contribution >= 4 is 23.7 Å². The zero-order chi connectivity index (χ0) is 28.3. The number of likely N-dealkylation sites (tertiary alicyclic amines) is 1. The van der Waals surface area contributed by atoms with E-state index in [1.54, 1.807) is 39.4 Å². The fraction of sp³-hybridized carbons (Fsp3) is 0.433. The van der Waals surface area contributed by atoms with Crippen LogP contribution < -0.4 is 18.9 Å². The Morgan fingerprint density at radius 3 is 2.10 bits per heavy atom. The number of fused-ring (bicyclic) bond motifs is 3. The minimum Gasteiger partial charge on any atom is -0.493 e. The van der Waals surface area contributed by atoms with E-state index in [0.717, 1.165) is 45.9 Å². The van der Waals surface area contributed by atoms with Gasteiger partial charge in [-0.3, -0.25) is 14.4 Å². The van der Waals surface area contributed by atoms with Gasteiger partial charge in [0.25, 0.3) is 0 Å². The molecule has 0 aromatic heterocycles. The molecule has 1 amide bonds. The lowest BCUT2D eigenvalue weighted by molar-refractivity contribution is -0.143. The Morgan fingerprint density at radius 2 is 1.49 bits per heavy atom. The largest absolute Gasteiger partial charge is 0.493 e. The number of allylic oxidation sites excluding steroid dienone is 1. The van der Waals surface area contributed by atoms with Crippen LogP contribution in [0.25, 0.3) is 6.08 Å². The number of Topliss-reactive ketones (excluding diaryl/α,β-unsaturated/α-hetero) is 1. The highest BCUT2D eigenvalue weighted by molar-refractivity contribution is 5.89. The van der Waals surface area contributed by atoms with Crippen molar-refractivity contribution in [2.45, 2.75) is 32.1 Å². The maximum atomic E-state index is 12.1. The van der Waals surface area contributed by atoms with E-state index in [4.69, 9.17) is 18.9 Å². The minimum atomic E-state index is -0.367. The number of rotatable bonds is 6. The van der Waals surface area contributed by atoms with Crippen LogP contribution in [0, 0.1) is 11.8 Å². The second-order valence-electron chi connectivity index (χ2n) is 9.76. The summed E-state index contributed by atoms with van der Waals surface area (Å²) < 4.78 is 26.1. The first-order valence-corrected chi connectivity index (χ1v) is 12.8. The van der Waals surface area contributed by atoms with Crippen LogP contribution in [-0.4, -0.2) is 65.2 Å². The number of carbonyl (C=O) groups excluding carboxylic acids is 3. The Kier molecular flexibility index (Phi) is 8.47. The van der Waals surface area contributed by atoms with Crippen molar-refractivity contribution in [3.8, 4) is 23.0 Å². The van der Waals surface area contributed by atoms with Gasteiger partial charge < -0.3 is 28.6 Å². The minimum absolute atomic E-state index is 0.0649. The Morgan fingerprint density at radius 1 is 0.846 bits per heavy atom. The van der Waals surface area contributed by atoms with Gasteiger partial charge in [-0.15, -0.1) is 0 Å². The van der Waals surface area contributed by atoms with Crippen LogP contribution in [-0.2, 0) is 38.4 Å². The van der Waals surface area contributed by atoms with Crippen molar-refractivity contribution in [3.63, 3.8) is 0 Å². The number of esters is 1. The van der Waals surface area contributed by atoms with Gasteiger partial charge >= 0.3 is 5.97 Å². The molecular formula is C30H35NO8. The third-order valence-corrected chi connectivity index (χ3v) is 7.70. The highest BCUT2D eigenvalue weighted by Gasteiger charge is 2.36. The average molecular weight is 538 g/mol. The van der Waals surface area contributed by atoms with E-state index in [0.29, 0.717) is 30.8 Å². The van der Waals surface area contributed by atoms with Gasteiger partial charge in [-0.2, -0.15) is 0 Å². The number of ether oxygens (including phenoxy) is 5. The monoisotopic (exact) mass is 537 g/mol. The van der Waals surface area contributed by atoms with Gasteiger partial charge in [0.2, 0.25) is 5.91 Å². The number of ketones is 1. The SMILES string of the molecule is COC(=O)CC1Cc2c(ccc(OC)c2OC)CC1=O.COc1ccc2c(c1OC)CC1CC(=O)N(C)C1=C2. The quantitative estimate of drug-likeness (QED) is 0.515. The second-order valence-corrected chi connectivity index (χ2v) is 9.76. The first kappa shape index (κ1) is 28.0. The predicted octanol–water partition coefficient (Wildman–Crippen LogP) is 3.63. The Labute approximate surface area is 228 Å². The maximum absolute atomic E-state index is 12.1. The van der Waals surface area contributed by atoms with E-state index < -0.39 is 0 Å². The average Bonchev–Trinajstić information content (AvgIpc) is 3.23. The van der Waals surface area contributed by atoms with Crippen LogP contribution in [0.3, 0.4) is 0 Å². The van der Waals surface area contributed by atoms with Gasteiger partial charge in [0.1, 0.15) is 5.78 Å². The van der Waals surface area contributed by atoms with Gasteiger partial charge in [0.05, 0.1) is 42.0 Å². The molecule has 0 N–H and O–H groups in total. The molecule has 0 bridgehead atoms. The molecule has 1 fully saturated rings. The number of amides is 1. The number of hydrogen-bond donors (Lipinski definition) is 0. The summed E-state index contributed by atoms with van der Waals surface area (Å²) in [6.45, 7) is 0. The number of benzene rings is 2. The summed E-state index contributed by atoms with van der Waals surface area (Å²) in [7, 11) is 9.62. The summed E-state index contributed by atoms with van der Waals surface area (Å²) in [5.74, 6) is 2.62. The first-order valence-electron chi connectivity index (χ1n) is 12.8. The molecule has 1 heterocycles. The molecule has 3 aliphatic rings. The molecule has 0 radical (unpaired) electrons. The predicted molar refractivity (Wildman–Crippen MR) is 144 cm³/mol. The number of nitrogens with zero attached hydrogens (tertiary/aromatic N) is 1. The zero-order valence-electron chi connectivity index (χ0n) is 23.3. The van der Waals surface area contributed by atoms with Crippen LogP contribution in [0.15, 0.2) is 30.0 Å². The topological polar surface area (TPSA) is 101 Å². The fourth-order valence-electron chi connectivity index (χ4n) is 5.60. The van der Waals surface area contributed by atoms with Gasteiger partial charge in [-0.1, -0.05) is 12.1 Å². The molecule has 2 atom stereocenters. The molecule has 9 heteroatoms. The first-order chi connectivity index (χ1) is 18.8. The molecule has 2 aliphatic carbocycles. The van der Waals surface area contributed by atoms with Crippen LogP contribution in [0.4, 0.5) is 0 Å². The number of hydrogen-bond acceptors (Lipinski definition) is 8. The normalized spacial score (nSPS) is 19.0. The summed E-state index contributed by atoms with van der Waals surface area (Å²) in [5, 5.41) is 0. The number of carbonyl (C=O) groups is 3. The highest BCUT2D eigenvalue weighted by Crippen LogP contribution is 2.44. The van der Waals surface area contributed by atoms with Crippen LogP contribution in [0.1, 0.15) is 35.1 Å². The molecule has 9 nitrogen and oxygen atoms in total. The highest BCUT2D eigenvalue weighted by atomic mass is 16.5. The summed E-state index contributed by atoms with van der Waals surface area (Å²) in [5.41, 5.74) is 5.25. The lowest BCUT2D eigenvalue weighted by atomic mass is 9.80. The van der Waals surface area contributed by atoms with E-state index in [1.807, 2.05) is 25.2 Å². The fourth-order valence-corrected chi connectivity index (χ4v) is 5.60.